The average molecular weight is 481 g/mol. The largest absolute Gasteiger partial charge is 0.439 e. The van der Waals surface area contributed by atoms with Crippen molar-refractivity contribution in [2.24, 2.45) is 23.7 Å². The minimum Gasteiger partial charge on any atom is -0.430 e. The Morgan fingerprint density at radius 1 is 0.818 bits per heavy atom. The minimum atomic E-state index is -5.69. The van der Waals surface area contributed by atoms with E-state index in [1.54, 1.807) is 19.2 Å². The van der Waals surface area contributed by atoms with Gasteiger partial charge in [0, 0.05) is 13.7 Å². The minimum absolute atomic E-state index is 0.489. The lowest BCUT2D eigenvalue weighted by atomic mass is 9.69. The van der Waals surface area contributed by atoms with E-state index in [0.717, 1.165) is 36.8 Å². The Labute approximate surface area is 192 Å². The SMILES string of the molecule is COCC1CCC(C2CCC(CCc3ccc(OC(F)(F)C(F)C(F)(F)F)cc3)CC2)CC1. The van der Waals surface area contributed by atoms with Crippen LogP contribution in [0.2, 0.25) is 0 Å². The van der Waals surface area contributed by atoms with Gasteiger partial charge in [-0.25, -0.2) is 4.39 Å². The molecule has 0 saturated heterocycles. The molecule has 0 aromatic heterocycles. The van der Waals surface area contributed by atoms with E-state index in [-0.39, 0.29) is 0 Å². The summed E-state index contributed by atoms with van der Waals surface area (Å²) in [5, 5.41) is 0. The zero-order valence-corrected chi connectivity index (χ0v) is 19.1. The van der Waals surface area contributed by atoms with E-state index >= 15 is 0 Å². The maximum absolute atomic E-state index is 13.4. The highest BCUT2D eigenvalue weighted by Gasteiger charge is 2.59. The molecule has 2 nitrogen and oxygen atoms in total. The van der Waals surface area contributed by atoms with Crippen molar-refractivity contribution < 1.29 is 35.8 Å². The predicted molar refractivity (Wildman–Crippen MR) is 114 cm³/mol. The maximum atomic E-state index is 13.4. The summed E-state index contributed by atoms with van der Waals surface area (Å²) in [5.74, 6) is 2.51. The summed E-state index contributed by atoms with van der Waals surface area (Å²) in [7, 11) is 1.77. The number of methoxy groups -OCH3 is 1. The average Bonchev–Trinajstić information content (AvgIpc) is 2.78. The summed E-state index contributed by atoms with van der Waals surface area (Å²) in [4.78, 5) is 0. The van der Waals surface area contributed by atoms with Crippen molar-refractivity contribution in [2.45, 2.75) is 82.7 Å². The Morgan fingerprint density at radius 2 is 1.33 bits per heavy atom. The first kappa shape index (κ1) is 26.2. The first-order chi connectivity index (χ1) is 15.6. The van der Waals surface area contributed by atoms with Crippen molar-refractivity contribution in [3.05, 3.63) is 29.8 Å². The van der Waals surface area contributed by atoms with Gasteiger partial charge in [0.1, 0.15) is 5.75 Å². The molecule has 8 heteroatoms. The molecular weight excluding hydrogens is 446 g/mol. The lowest BCUT2D eigenvalue weighted by Gasteiger charge is -2.37. The third kappa shape index (κ3) is 7.52. The van der Waals surface area contributed by atoms with E-state index in [4.69, 9.17) is 4.74 Å². The fourth-order valence-corrected chi connectivity index (χ4v) is 5.50. The van der Waals surface area contributed by atoms with Gasteiger partial charge in [-0.1, -0.05) is 25.0 Å². The van der Waals surface area contributed by atoms with Crippen LogP contribution >= 0.6 is 0 Å². The van der Waals surface area contributed by atoms with Gasteiger partial charge in [-0.05, 0) is 92.7 Å². The molecule has 1 atom stereocenters. The molecule has 0 heterocycles. The molecule has 0 radical (unpaired) electrons. The lowest BCUT2D eigenvalue weighted by molar-refractivity contribution is -0.304. The van der Waals surface area contributed by atoms with Crippen molar-refractivity contribution in [2.75, 3.05) is 13.7 Å². The van der Waals surface area contributed by atoms with Crippen molar-refractivity contribution in [1.82, 2.24) is 0 Å². The molecule has 0 bridgehead atoms. The molecule has 1 aromatic rings. The monoisotopic (exact) mass is 480 g/mol. The van der Waals surface area contributed by atoms with E-state index in [9.17, 15) is 26.3 Å². The fourth-order valence-electron chi connectivity index (χ4n) is 5.50. The molecule has 1 aromatic carbocycles. The number of ether oxygens (including phenoxy) is 2. The van der Waals surface area contributed by atoms with Crippen molar-refractivity contribution in [3.63, 3.8) is 0 Å². The number of hydrogen-bond acceptors (Lipinski definition) is 2. The van der Waals surface area contributed by atoms with Crippen molar-refractivity contribution >= 4 is 0 Å². The van der Waals surface area contributed by atoms with Gasteiger partial charge in [-0.3, -0.25) is 0 Å². The summed E-state index contributed by atoms with van der Waals surface area (Å²) in [6.07, 6.45) is -3.20. The third-order valence-corrected chi connectivity index (χ3v) is 7.45. The highest BCUT2D eigenvalue weighted by Crippen LogP contribution is 2.42. The van der Waals surface area contributed by atoms with Crippen LogP contribution in [-0.2, 0) is 11.2 Å². The van der Waals surface area contributed by atoms with Crippen LogP contribution < -0.4 is 4.74 Å². The van der Waals surface area contributed by atoms with Gasteiger partial charge in [0.15, 0.2) is 0 Å². The smallest absolute Gasteiger partial charge is 0.430 e. The molecular formula is C25H34F6O2. The third-order valence-electron chi connectivity index (χ3n) is 7.45. The first-order valence-corrected chi connectivity index (χ1v) is 11.9. The number of alkyl halides is 6. The second kappa shape index (κ2) is 11.3. The molecule has 0 N–H and O–H groups in total. The van der Waals surface area contributed by atoms with E-state index in [1.165, 1.54) is 63.5 Å². The molecule has 2 saturated carbocycles. The molecule has 0 spiro atoms. The quantitative estimate of drug-likeness (QED) is 0.337. The Hall–Kier alpha value is -1.44. The number of benzene rings is 1. The molecule has 3 rings (SSSR count). The number of rotatable bonds is 9. The van der Waals surface area contributed by atoms with Crippen LogP contribution in [0.5, 0.6) is 5.75 Å². The van der Waals surface area contributed by atoms with E-state index in [1.807, 2.05) is 0 Å². The Kier molecular flexibility index (Phi) is 8.98. The number of halogens is 6. The van der Waals surface area contributed by atoms with Gasteiger partial charge in [0.05, 0.1) is 0 Å². The fraction of sp³-hybridized carbons (Fsp3) is 0.760. The van der Waals surface area contributed by atoms with Gasteiger partial charge in [0.25, 0.3) is 6.17 Å². The van der Waals surface area contributed by atoms with Crippen molar-refractivity contribution in [3.8, 4) is 5.75 Å². The van der Waals surface area contributed by atoms with Gasteiger partial charge < -0.3 is 9.47 Å². The zero-order chi connectivity index (χ0) is 24.1. The standard InChI is InChI=1S/C25H34F6O2/c1-32-16-19-6-12-21(13-7-19)20-10-4-17(5-11-20)2-3-18-8-14-22(15-9-18)33-25(30,31)23(26)24(27,28)29/h8-9,14-15,17,19-21,23H,2-7,10-13,16H2,1H3. The number of hydrogen-bond donors (Lipinski definition) is 0. The van der Waals surface area contributed by atoms with Crippen LogP contribution in [0, 0.1) is 23.7 Å². The van der Waals surface area contributed by atoms with Crippen molar-refractivity contribution in [1.29, 1.82) is 0 Å². The van der Waals surface area contributed by atoms with E-state index in [2.05, 4.69) is 4.74 Å². The second-order valence-electron chi connectivity index (χ2n) is 9.77. The predicted octanol–water partition coefficient (Wildman–Crippen LogP) is 7.75. The summed E-state index contributed by atoms with van der Waals surface area (Å²) in [6.45, 7) is 0.874. The van der Waals surface area contributed by atoms with Gasteiger partial charge in [-0.2, -0.15) is 22.0 Å². The Bertz CT molecular complexity index is 705. The Balaban J connectivity index is 1.39. The highest BCUT2D eigenvalue weighted by atomic mass is 19.4. The lowest BCUT2D eigenvalue weighted by Crippen LogP contribution is -2.45. The Morgan fingerprint density at radius 3 is 1.82 bits per heavy atom. The first-order valence-electron chi connectivity index (χ1n) is 11.9. The van der Waals surface area contributed by atoms with Crippen LogP contribution in [0.15, 0.2) is 24.3 Å². The molecule has 0 aliphatic heterocycles. The molecule has 0 amide bonds. The van der Waals surface area contributed by atoms with Crippen LogP contribution in [0.25, 0.3) is 0 Å². The van der Waals surface area contributed by atoms with E-state index in [0.29, 0.717) is 11.8 Å². The normalized spacial score (nSPS) is 27.8. The van der Waals surface area contributed by atoms with Gasteiger partial charge in [0.2, 0.25) is 0 Å². The van der Waals surface area contributed by atoms with Gasteiger partial charge in [-0.15, -0.1) is 0 Å². The summed E-state index contributed by atoms with van der Waals surface area (Å²) in [5.41, 5.74) is 0.900. The molecule has 1 unspecified atom stereocenters. The second-order valence-corrected chi connectivity index (χ2v) is 9.77. The number of aryl methyl sites for hydroxylation is 1. The molecule has 188 valence electrons. The van der Waals surface area contributed by atoms with E-state index < -0.39 is 24.2 Å². The zero-order valence-electron chi connectivity index (χ0n) is 19.1. The summed E-state index contributed by atoms with van der Waals surface area (Å²) < 4.78 is 85.7. The van der Waals surface area contributed by atoms with Crippen LogP contribution in [0.3, 0.4) is 0 Å². The van der Waals surface area contributed by atoms with Crippen LogP contribution in [0.4, 0.5) is 26.3 Å². The highest BCUT2D eigenvalue weighted by molar-refractivity contribution is 5.27. The van der Waals surface area contributed by atoms with Gasteiger partial charge >= 0.3 is 12.3 Å². The maximum Gasteiger partial charge on any atom is 0.439 e. The molecule has 2 aliphatic carbocycles. The summed E-state index contributed by atoms with van der Waals surface area (Å²) >= 11 is 0. The molecule has 2 aliphatic rings. The van der Waals surface area contributed by atoms with Crippen LogP contribution in [0.1, 0.15) is 63.4 Å². The van der Waals surface area contributed by atoms with Crippen LogP contribution in [-0.4, -0.2) is 32.2 Å². The molecule has 2 fully saturated rings. The topological polar surface area (TPSA) is 18.5 Å². The molecule has 33 heavy (non-hydrogen) atoms. The summed E-state index contributed by atoms with van der Waals surface area (Å²) in [6, 6.07) is 5.44.